The molecule has 2 nitrogen and oxygen atoms in total. The van der Waals surface area contributed by atoms with E-state index < -0.39 is 0 Å². The van der Waals surface area contributed by atoms with Gasteiger partial charge in [0.05, 0.1) is 5.41 Å². The third kappa shape index (κ3) is 3.69. The first-order valence-electron chi connectivity index (χ1n) is 7.51. The Kier molecular flexibility index (Phi) is 4.97. The molecule has 1 fully saturated rings. The van der Waals surface area contributed by atoms with Crippen molar-refractivity contribution >= 4 is 15.5 Å². The van der Waals surface area contributed by atoms with E-state index in [0.717, 1.165) is 31.2 Å². The van der Waals surface area contributed by atoms with E-state index in [-0.39, 0.29) is 26.7 Å². The maximum absolute atomic E-state index is 12.8. The number of ether oxygens (including phenoxy) is 1. The van der Waals surface area contributed by atoms with Gasteiger partial charge in [0.25, 0.3) is 0 Å². The molecule has 1 aliphatic rings. The number of hydrogen-bond acceptors (Lipinski definition) is 2. The lowest BCUT2D eigenvalue weighted by atomic mass is 9.75. The SMILES string of the molecule is CC[SiH2][C@H]1CC[C@](C)(C(=O)Oc2ccc(F)cc2)CC1. The number of benzene rings is 1. The summed E-state index contributed by atoms with van der Waals surface area (Å²) in [4.78, 5) is 12.3. The maximum atomic E-state index is 12.8. The van der Waals surface area contributed by atoms with Crippen LogP contribution < -0.4 is 4.74 Å². The summed E-state index contributed by atoms with van der Waals surface area (Å²) in [6.45, 7) is 4.27. The summed E-state index contributed by atoms with van der Waals surface area (Å²) in [5.74, 6) is -0.0514. The fourth-order valence-electron chi connectivity index (χ4n) is 2.95. The first-order valence-corrected chi connectivity index (χ1v) is 9.33. The third-order valence-corrected chi connectivity index (χ3v) is 6.63. The van der Waals surface area contributed by atoms with E-state index in [1.54, 1.807) is 0 Å². The predicted molar refractivity (Wildman–Crippen MR) is 81.4 cm³/mol. The molecule has 20 heavy (non-hydrogen) atoms. The summed E-state index contributed by atoms with van der Waals surface area (Å²) in [5, 5.41) is 0. The van der Waals surface area contributed by atoms with Crippen molar-refractivity contribution in [3.63, 3.8) is 0 Å². The summed E-state index contributed by atoms with van der Waals surface area (Å²) in [5.41, 5.74) is 0.527. The van der Waals surface area contributed by atoms with Crippen LogP contribution in [-0.4, -0.2) is 15.5 Å². The maximum Gasteiger partial charge on any atom is 0.317 e. The molecule has 1 saturated carbocycles. The molecule has 0 unspecified atom stereocenters. The second kappa shape index (κ2) is 6.53. The first kappa shape index (κ1) is 15.2. The monoisotopic (exact) mass is 294 g/mol. The zero-order chi connectivity index (χ0) is 14.6. The molecule has 0 aromatic heterocycles. The minimum Gasteiger partial charge on any atom is -0.426 e. The van der Waals surface area contributed by atoms with Gasteiger partial charge < -0.3 is 4.74 Å². The number of carbonyl (C=O) groups is 1. The van der Waals surface area contributed by atoms with Crippen molar-refractivity contribution < 1.29 is 13.9 Å². The molecule has 4 heteroatoms. The number of hydrogen-bond donors (Lipinski definition) is 0. The molecule has 0 spiro atoms. The van der Waals surface area contributed by atoms with Gasteiger partial charge in [-0.05, 0) is 44.0 Å². The van der Waals surface area contributed by atoms with E-state index in [9.17, 15) is 9.18 Å². The average Bonchev–Trinajstić information content (AvgIpc) is 2.44. The van der Waals surface area contributed by atoms with Crippen LogP contribution in [0.1, 0.15) is 39.5 Å². The highest BCUT2D eigenvalue weighted by atomic mass is 28.2. The molecule has 0 heterocycles. The second-order valence-electron chi connectivity index (χ2n) is 6.14. The minimum atomic E-state index is -0.368. The van der Waals surface area contributed by atoms with Gasteiger partial charge in [-0.1, -0.05) is 31.4 Å². The Hall–Kier alpha value is -1.16. The smallest absolute Gasteiger partial charge is 0.317 e. The highest BCUT2D eigenvalue weighted by Crippen LogP contribution is 2.42. The van der Waals surface area contributed by atoms with Crippen LogP contribution in [0, 0.1) is 11.2 Å². The Labute approximate surface area is 122 Å². The van der Waals surface area contributed by atoms with Crippen LogP contribution in [0.5, 0.6) is 5.75 Å². The van der Waals surface area contributed by atoms with Gasteiger partial charge in [-0.2, -0.15) is 0 Å². The van der Waals surface area contributed by atoms with Gasteiger partial charge in [-0.15, -0.1) is 0 Å². The molecular weight excluding hydrogens is 271 g/mol. The quantitative estimate of drug-likeness (QED) is 0.481. The predicted octanol–water partition coefficient (Wildman–Crippen LogP) is 3.71. The lowest BCUT2D eigenvalue weighted by Gasteiger charge is -2.35. The molecule has 0 radical (unpaired) electrons. The molecule has 0 bridgehead atoms. The van der Waals surface area contributed by atoms with Gasteiger partial charge in [0.2, 0.25) is 0 Å². The van der Waals surface area contributed by atoms with E-state index >= 15 is 0 Å². The standard InChI is InChI=1S/C16H23FO2Si/c1-3-20-14-8-10-16(2,11-9-14)15(18)19-13-6-4-12(17)5-7-13/h4-7,14H,3,8-11,20H2,1-2H3/t14-,16-. The van der Waals surface area contributed by atoms with E-state index in [2.05, 4.69) is 6.92 Å². The molecule has 0 aliphatic heterocycles. The molecule has 0 saturated heterocycles. The van der Waals surface area contributed by atoms with Crippen LogP contribution in [0.25, 0.3) is 0 Å². The average molecular weight is 294 g/mol. The summed E-state index contributed by atoms with van der Waals surface area (Å²) in [6.07, 6.45) is 4.17. The fourth-order valence-corrected chi connectivity index (χ4v) is 4.75. The lowest BCUT2D eigenvalue weighted by Crippen LogP contribution is -2.35. The zero-order valence-corrected chi connectivity index (χ0v) is 13.7. The van der Waals surface area contributed by atoms with E-state index in [0.29, 0.717) is 5.75 Å². The van der Waals surface area contributed by atoms with Crippen LogP contribution in [0.4, 0.5) is 4.39 Å². The van der Waals surface area contributed by atoms with Gasteiger partial charge in [0, 0.05) is 9.52 Å². The molecule has 0 amide bonds. The molecule has 110 valence electrons. The highest BCUT2D eigenvalue weighted by Gasteiger charge is 2.38. The van der Waals surface area contributed by atoms with Crippen LogP contribution in [-0.2, 0) is 4.79 Å². The Morgan fingerprint density at radius 3 is 2.50 bits per heavy atom. The number of carbonyl (C=O) groups excluding carboxylic acids is 1. The van der Waals surface area contributed by atoms with Crippen LogP contribution in [0.2, 0.25) is 11.6 Å². The first-order chi connectivity index (χ1) is 9.53. The van der Waals surface area contributed by atoms with Crippen LogP contribution in [0.3, 0.4) is 0 Å². The Balaban J connectivity index is 1.93. The number of rotatable bonds is 4. The summed E-state index contributed by atoms with van der Waals surface area (Å²) >= 11 is 0. The summed E-state index contributed by atoms with van der Waals surface area (Å²) < 4.78 is 18.2. The van der Waals surface area contributed by atoms with E-state index in [1.165, 1.54) is 30.3 Å². The van der Waals surface area contributed by atoms with Gasteiger partial charge >= 0.3 is 5.97 Å². The van der Waals surface area contributed by atoms with Gasteiger partial charge in [0.15, 0.2) is 0 Å². The topological polar surface area (TPSA) is 26.3 Å². The van der Waals surface area contributed by atoms with E-state index in [1.807, 2.05) is 6.92 Å². The number of halogens is 1. The number of esters is 1. The van der Waals surface area contributed by atoms with Crippen LogP contribution >= 0.6 is 0 Å². The molecule has 0 atom stereocenters. The highest BCUT2D eigenvalue weighted by molar-refractivity contribution is 6.37. The molecule has 0 N–H and O–H groups in total. The second-order valence-corrected chi connectivity index (χ2v) is 8.87. The summed E-state index contributed by atoms with van der Waals surface area (Å²) in [6, 6.07) is 6.99. The van der Waals surface area contributed by atoms with Crippen molar-refractivity contribution in [3.8, 4) is 5.75 Å². The molecule has 1 aromatic carbocycles. The normalized spacial score (nSPS) is 26.9. The zero-order valence-electron chi connectivity index (χ0n) is 12.3. The van der Waals surface area contributed by atoms with Crippen molar-refractivity contribution in [2.24, 2.45) is 5.41 Å². The molecule has 1 aromatic rings. The molecule has 2 rings (SSSR count). The van der Waals surface area contributed by atoms with Gasteiger partial charge in [-0.3, -0.25) is 4.79 Å². The molecular formula is C16H23FO2Si. The Morgan fingerprint density at radius 2 is 1.95 bits per heavy atom. The Morgan fingerprint density at radius 1 is 1.35 bits per heavy atom. The van der Waals surface area contributed by atoms with Crippen molar-refractivity contribution in [2.45, 2.75) is 51.1 Å². The molecule has 1 aliphatic carbocycles. The van der Waals surface area contributed by atoms with Crippen molar-refractivity contribution in [2.75, 3.05) is 0 Å². The van der Waals surface area contributed by atoms with Crippen molar-refractivity contribution in [1.29, 1.82) is 0 Å². The van der Waals surface area contributed by atoms with Gasteiger partial charge in [-0.25, -0.2) is 4.39 Å². The Bertz CT molecular complexity index is 450. The van der Waals surface area contributed by atoms with Gasteiger partial charge in [0.1, 0.15) is 11.6 Å². The van der Waals surface area contributed by atoms with E-state index in [4.69, 9.17) is 4.74 Å². The lowest BCUT2D eigenvalue weighted by molar-refractivity contribution is -0.146. The van der Waals surface area contributed by atoms with Crippen LogP contribution in [0.15, 0.2) is 24.3 Å². The van der Waals surface area contributed by atoms with Crippen molar-refractivity contribution in [1.82, 2.24) is 0 Å². The fraction of sp³-hybridized carbons (Fsp3) is 0.562. The minimum absolute atomic E-state index is 0.0474. The summed E-state index contributed by atoms with van der Waals surface area (Å²) in [7, 11) is 0.0474. The third-order valence-electron chi connectivity index (χ3n) is 4.42. The van der Waals surface area contributed by atoms with Crippen molar-refractivity contribution in [3.05, 3.63) is 30.1 Å². The largest absolute Gasteiger partial charge is 0.426 e.